The van der Waals surface area contributed by atoms with Crippen molar-refractivity contribution in [1.82, 2.24) is 34.8 Å². The molecule has 3 atom stereocenters. The molecular formula is C35H40N8O3. The summed E-state index contributed by atoms with van der Waals surface area (Å²) in [6, 6.07) is 18.5. The monoisotopic (exact) mass is 620 g/mol. The quantitative estimate of drug-likeness (QED) is 0.320. The van der Waals surface area contributed by atoms with Crippen molar-refractivity contribution in [3.8, 4) is 28.0 Å². The van der Waals surface area contributed by atoms with Crippen molar-refractivity contribution in [2.24, 2.45) is 13.0 Å². The zero-order valence-electron chi connectivity index (χ0n) is 26.3. The lowest BCUT2D eigenvalue weighted by molar-refractivity contribution is 0.0937. The Morgan fingerprint density at radius 1 is 0.935 bits per heavy atom. The van der Waals surface area contributed by atoms with E-state index in [2.05, 4.69) is 56.5 Å². The van der Waals surface area contributed by atoms with E-state index in [4.69, 9.17) is 10.5 Å². The van der Waals surface area contributed by atoms with Gasteiger partial charge in [0, 0.05) is 75.4 Å². The number of carbonyl (C=O) groups excluding carboxylic acids is 2. The molecule has 2 aromatic carbocycles. The standard InChI is InChI=1S/C35H40N8O3/c1-40-12-10-26-20-42(22-32(26)40)18-23-6-8-24(9-7-23)25-4-3-5-30(14-25)46-35(45)43-13-11-29(21-43)39-34(44)31-15-27(16-37-33(31)36)28-17-38-41(2)19-28/h3-9,14-17,19,26,29,32H,10-13,18,20-22H2,1-2H3,(H2,36,37)(H,39,44)/t26-,29-,32+/m1/s1. The summed E-state index contributed by atoms with van der Waals surface area (Å²) >= 11 is 0. The van der Waals surface area contributed by atoms with Crippen LogP contribution in [-0.2, 0) is 13.6 Å². The topological polar surface area (TPSA) is 122 Å². The highest BCUT2D eigenvalue weighted by Crippen LogP contribution is 2.32. The number of nitrogens with two attached hydrogens (primary N) is 1. The van der Waals surface area contributed by atoms with Gasteiger partial charge in [-0.15, -0.1) is 0 Å². The third-order valence-corrected chi connectivity index (χ3v) is 9.62. The van der Waals surface area contributed by atoms with Gasteiger partial charge in [-0.3, -0.25) is 14.4 Å². The second-order valence-corrected chi connectivity index (χ2v) is 12.8. The minimum Gasteiger partial charge on any atom is -0.410 e. The molecule has 0 radical (unpaired) electrons. The SMILES string of the molecule is CN1CC[C@@H]2CN(Cc3ccc(-c4cccc(OC(=O)N5CC[C@@H](NC(=O)c6cc(-c7cnn(C)c7)cnc6N)C5)c4)cc3)C[C@@H]21. The fourth-order valence-electron chi connectivity index (χ4n) is 7.05. The number of fused-ring (bicyclic) bond motifs is 1. The summed E-state index contributed by atoms with van der Waals surface area (Å²) in [6.45, 7) is 5.34. The van der Waals surface area contributed by atoms with E-state index < -0.39 is 6.09 Å². The van der Waals surface area contributed by atoms with Gasteiger partial charge >= 0.3 is 6.09 Å². The first-order valence-electron chi connectivity index (χ1n) is 15.9. The number of benzene rings is 2. The van der Waals surface area contributed by atoms with E-state index in [1.807, 2.05) is 31.4 Å². The van der Waals surface area contributed by atoms with Crippen LogP contribution in [0.1, 0.15) is 28.8 Å². The van der Waals surface area contributed by atoms with Crippen LogP contribution in [0, 0.1) is 5.92 Å². The van der Waals surface area contributed by atoms with Crippen LogP contribution in [0.2, 0.25) is 0 Å². The summed E-state index contributed by atoms with van der Waals surface area (Å²) in [5.41, 5.74) is 11.3. The number of aryl methyl sites for hydroxylation is 1. The molecule has 0 unspecified atom stereocenters. The molecule has 0 saturated carbocycles. The molecule has 0 aliphatic carbocycles. The Kier molecular flexibility index (Phi) is 8.18. The van der Waals surface area contributed by atoms with Crippen LogP contribution in [0.4, 0.5) is 10.6 Å². The van der Waals surface area contributed by atoms with E-state index in [0.29, 0.717) is 36.9 Å². The number of ether oxygens (including phenoxy) is 1. The zero-order valence-corrected chi connectivity index (χ0v) is 26.3. The molecule has 5 heterocycles. The Hall–Kier alpha value is -4.74. The summed E-state index contributed by atoms with van der Waals surface area (Å²) in [7, 11) is 4.07. The lowest BCUT2D eigenvalue weighted by Gasteiger charge is -2.20. The van der Waals surface area contributed by atoms with Crippen LogP contribution >= 0.6 is 0 Å². The number of carbonyl (C=O) groups is 2. The summed E-state index contributed by atoms with van der Waals surface area (Å²) < 4.78 is 7.45. The van der Waals surface area contributed by atoms with Crippen molar-refractivity contribution in [2.75, 3.05) is 45.5 Å². The average Bonchev–Trinajstić information content (AvgIpc) is 3.85. The van der Waals surface area contributed by atoms with Crippen LogP contribution < -0.4 is 15.8 Å². The molecule has 4 aromatic rings. The molecule has 11 nitrogen and oxygen atoms in total. The third-order valence-electron chi connectivity index (χ3n) is 9.62. The summed E-state index contributed by atoms with van der Waals surface area (Å²) in [4.78, 5) is 37.1. The molecule has 3 N–H and O–H groups in total. The molecule has 7 rings (SSSR count). The van der Waals surface area contributed by atoms with Gasteiger partial charge in [-0.25, -0.2) is 9.78 Å². The second-order valence-electron chi connectivity index (χ2n) is 12.8. The number of nitrogen functional groups attached to an aromatic ring is 1. The minimum absolute atomic E-state index is 0.149. The Morgan fingerprint density at radius 2 is 1.78 bits per heavy atom. The Morgan fingerprint density at radius 3 is 2.57 bits per heavy atom. The maximum absolute atomic E-state index is 13.1. The molecular weight excluding hydrogens is 580 g/mol. The number of hydrogen-bond acceptors (Lipinski definition) is 8. The number of likely N-dealkylation sites (N-methyl/N-ethyl adjacent to an activating group) is 1. The van der Waals surface area contributed by atoms with Crippen LogP contribution in [0.5, 0.6) is 5.75 Å². The van der Waals surface area contributed by atoms with Crippen molar-refractivity contribution < 1.29 is 14.3 Å². The highest BCUT2D eigenvalue weighted by atomic mass is 16.6. The number of hydrogen-bond donors (Lipinski definition) is 2. The number of amides is 2. The molecule has 3 saturated heterocycles. The first kappa shape index (κ1) is 29.9. The van der Waals surface area contributed by atoms with E-state index in [9.17, 15) is 9.59 Å². The summed E-state index contributed by atoms with van der Waals surface area (Å²) in [5.74, 6) is 1.11. The van der Waals surface area contributed by atoms with Crippen molar-refractivity contribution in [1.29, 1.82) is 0 Å². The van der Waals surface area contributed by atoms with Gasteiger partial charge < -0.3 is 25.6 Å². The van der Waals surface area contributed by atoms with Crippen molar-refractivity contribution >= 4 is 17.8 Å². The first-order valence-corrected chi connectivity index (χ1v) is 15.9. The van der Waals surface area contributed by atoms with Gasteiger partial charge in [-0.1, -0.05) is 36.4 Å². The highest BCUT2D eigenvalue weighted by Gasteiger charge is 2.39. The lowest BCUT2D eigenvalue weighted by Crippen LogP contribution is -2.39. The Balaban J connectivity index is 0.927. The summed E-state index contributed by atoms with van der Waals surface area (Å²) in [5, 5.41) is 7.19. The third kappa shape index (κ3) is 6.33. The fourth-order valence-corrected chi connectivity index (χ4v) is 7.05. The van der Waals surface area contributed by atoms with Gasteiger partial charge in [0.25, 0.3) is 5.91 Å². The molecule has 46 heavy (non-hydrogen) atoms. The van der Waals surface area contributed by atoms with Gasteiger partial charge in [0.15, 0.2) is 0 Å². The van der Waals surface area contributed by atoms with Crippen molar-refractivity contribution in [3.05, 3.63) is 84.3 Å². The molecule has 0 bridgehead atoms. The highest BCUT2D eigenvalue weighted by molar-refractivity contribution is 5.99. The molecule has 3 aliphatic rings. The van der Waals surface area contributed by atoms with Crippen LogP contribution in [-0.4, -0.2) is 93.3 Å². The largest absolute Gasteiger partial charge is 0.415 e. The summed E-state index contributed by atoms with van der Waals surface area (Å²) in [6.07, 6.45) is 6.66. The van der Waals surface area contributed by atoms with Gasteiger partial charge in [0.2, 0.25) is 0 Å². The van der Waals surface area contributed by atoms with Crippen molar-refractivity contribution in [2.45, 2.75) is 31.5 Å². The van der Waals surface area contributed by atoms with Gasteiger partial charge in [0.05, 0.1) is 11.8 Å². The average molecular weight is 621 g/mol. The van der Waals surface area contributed by atoms with E-state index in [1.54, 1.807) is 34.1 Å². The Bertz CT molecular complexity index is 1740. The lowest BCUT2D eigenvalue weighted by atomic mass is 10.0. The number of pyridine rings is 1. The molecule has 11 heteroatoms. The molecule has 2 aromatic heterocycles. The van der Waals surface area contributed by atoms with E-state index in [-0.39, 0.29) is 17.8 Å². The maximum Gasteiger partial charge on any atom is 0.415 e. The normalized spacial score (nSPS) is 21.4. The Labute approximate surface area is 268 Å². The number of anilines is 1. The van der Waals surface area contributed by atoms with Gasteiger partial charge in [-0.2, -0.15) is 5.10 Å². The van der Waals surface area contributed by atoms with Crippen LogP contribution in [0.15, 0.2) is 73.2 Å². The predicted octanol–water partition coefficient (Wildman–Crippen LogP) is 3.87. The first-order chi connectivity index (χ1) is 22.3. The number of likely N-dealkylation sites (tertiary alicyclic amines) is 3. The minimum atomic E-state index is -0.440. The van der Waals surface area contributed by atoms with Gasteiger partial charge in [0.1, 0.15) is 11.6 Å². The zero-order chi connectivity index (χ0) is 31.8. The van der Waals surface area contributed by atoms with E-state index in [0.717, 1.165) is 41.3 Å². The van der Waals surface area contributed by atoms with E-state index in [1.165, 1.54) is 25.1 Å². The number of nitrogens with zero attached hydrogens (tertiary/aromatic N) is 6. The second kappa shape index (κ2) is 12.6. The van der Waals surface area contributed by atoms with E-state index >= 15 is 0 Å². The maximum atomic E-state index is 13.1. The number of rotatable bonds is 7. The smallest absolute Gasteiger partial charge is 0.410 e. The molecule has 3 aliphatic heterocycles. The molecule has 2 amide bonds. The number of aromatic nitrogens is 3. The van der Waals surface area contributed by atoms with Gasteiger partial charge in [-0.05, 0) is 67.2 Å². The van der Waals surface area contributed by atoms with Crippen LogP contribution in [0.3, 0.4) is 0 Å². The predicted molar refractivity (Wildman–Crippen MR) is 176 cm³/mol. The fraction of sp³-hybridized carbons (Fsp3) is 0.371. The van der Waals surface area contributed by atoms with Crippen molar-refractivity contribution in [3.63, 3.8) is 0 Å². The molecule has 3 fully saturated rings. The molecule has 0 spiro atoms. The molecule has 238 valence electrons. The van der Waals surface area contributed by atoms with Crippen LogP contribution in [0.25, 0.3) is 22.3 Å². The number of nitrogens with one attached hydrogen (secondary N) is 1.